The first-order valence-electron chi connectivity index (χ1n) is 8.50. The first-order chi connectivity index (χ1) is 13.0. The van der Waals surface area contributed by atoms with Crippen LogP contribution in [0.1, 0.15) is 5.56 Å². The number of nitro groups is 1. The number of pyridine rings is 1. The number of piperazine rings is 1. The van der Waals surface area contributed by atoms with Crippen LogP contribution in [0.15, 0.2) is 59.8 Å². The van der Waals surface area contributed by atoms with Crippen molar-refractivity contribution in [2.24, 2.45) is 0 Å². The van der Waals surface area contributed by atoms with Gasteiger partial charge in [0, 0.05) is 57.3 Å². The molecule has 0 spiro atoms. The van der Waals surface area contributed by atoms with Crippen molar-refractivity contribution in [2.45, 2.75) is 4.90 Å². The van der Waals surface area contributed by atoms with Crippen LogP contribution >= 0.6 is 0 Å². The zero-order valence-corrected chi connectivity index (χ0v) is 15.5. The average Bonchev–Trinajstić information content (AvgIpc) is 2.69. The van der Waals surface area contributed by atoms with E-state index in [1.54, 1.807) is 12.4 Å². The zero-order chi connectivity index (χ0) is 19.3. The maximum atomic E-state index is 12.7. The highest BCUT2D eigenvalue weighted by Crippen LogP contribution is 2.20. The van der Waals surface area contributed by atoms with Gasteiger partial charge in [-0.3, -0.25) is 20.0 Å². The summed E-state index contributed by atoms with van der Waals surface area (Å²) in [5.41, 5.74) is 0.899. The van der Waals surface area contributed by atoms with E-state index >= 15 is 0 Å². The van der Waals surface area contributed by atoms with Crippen LogP contribution in [0.4, 0.5) is 5.69 Å². The third kappa shape index (κ3) is 4.76. The van der Waals surface area contributed by atoms with Crippen molar-refractivity contribution in [1.82, 2.24) is 14.2 Å². The Morgan fingerprint density at radius 1 is 1.11 bits per heavy atom. The Balaban J connectivity index is 1.56. The van der Waals surface area contributed by atoms with Crippen molar-refractivity contribution >= 4 is 21.8 Å². The fraction of sp³-hybridized carbons (Fsp3) is 0.278. The van der Waals surface area contributed by atoms with Crippen LogP contribution in [-0.2, 0) is 10.0 Å². The van der Waals surface area contributed by atoms with Gasteiger partial charge in [-0.25, -0.2) is 8.42 Å². The third-order valence-corrected chi connectivity index (χ3v) is 6.29. The highest BCUT2D eigenvalue weighted by molar-refractivity contribution is 7.89. The van der Waals surface area contributed by atoms with Gasteiger partial charge in [0.15, 0.2) is 0 Å². The van der Waals surface area contributed by atoms with Crippen LogP contribution in [0, 0.1) is 10.1 Å². The minimum absolute atomic E-state index is 0.0815. The molecule has 1 saturated heterocycles. The Labute approximate surface area is 158 Å². The highest BCUT2D eigenvalue weighted by atomic mass is 32.2. The minimum Gasteiger partial charge on any atom is -0.297 e. The van der Waals surface area contributed by atoms with Gasteiger partial charge >= 0.3 is 0 Å². The van der Waals surface area contributed by atoms with Gasteiger partial charge in [-0.2, -0.15) is 4.31 Å². The Morgan fingerprint density at radius 3 is 2.41 bits per heavy atom. The predicted octanol–water partition coefficient (Wildman–Crippen LogP) is 2.01. The van der Waals surface area contributed by atoms with Crippen molar-refractivity contribution < 1.29 is 13.3 Å². The number of nitrogens with zero attached hydrogens (tertiary/aromatic N) is 4. The molecule has 1 aliphatic rings. The van der Waals surface area contributed by atoms with Crippen LogP contribution in [-0.4, -0.2) is 60.3 Å². The van der Waals surface area contributed by atoms with Gasteiger partial charge in [0.25, 0.3) is 5.69 Å². The summed E-state index contributed by atoms with van der Waals surface area (Å²) in [5, 5.41) is 10.7. The van der Waals surface area contributed by atoms with Crippen molar-refractivity contribution in [3.63, 3.8) is 0 Å². The molecule has 1 fully saturated rings. The molecule has 3 rings (SSSR count). The zero-order valence-electron chi connectivity index (χ0n) is 14.6. The molecule has 27 heavy (non-hydrogen) atoms. The molecule has 0 unspecified atom stereocenters. The number of benzene rings is 1. The molecule has 0 saturated carbocycles. The van der Waals surface area contributed by atoms with Gasteiger partial charge in [0.2, 0.25) is 10.0 Å². The van der Waals surface area contributed by atoms with Gasteiger partial charge < -0.3 is 0 Å². The van der Waals surface area contributed by atoms with Gasteiger partial charge in [-0.05, 0) is 23.8 Å². The van der Waals surface area contributed by atoms with E-state index in [2.05, 4.69) is 9.88 Å². The molecule has 2 heterocycles. The molecule has 0 bridgehead atoms. The average molecular weight is 388 g/mol. The Kier molecular flexibility index (Phi) is 5.94. The van der Waals surface area contributed by atoms with Crippen molar-refractivity contribution in [1.29, 1.82) is 0 Å². The smallest absolute Gasteiger partial charge is 0.269 e. The summed E-state index contributed by atoms with van der Waals surface area (Å²) in [6.07, 6.45) is 7.54. The number of sulfonamides is 1. The summed E-state index contributed by atoms with van der Waals surface area (Å²) in [7, 11) is -3.63. The summed E-state index contributed by atoms with van der Waals surface area (Å²) < 4.78 is 26.8. The number of aromatic nitrogens is 1. The summed E-state index contributed by atoms with van der Waals surface area (Å²) in [6.45, 7) is 2.77. The molecule has 2 aromatic rings. The fourth-order valence-corrected chi connectivity index (χ4v) is 4.28. The molecule has 0 atom stereocenters. The SMILES string of the molecule is O=[N+]([O-])c1ccc(S(=O)(=O)N2CCN(C/C=C/c3cccnc3)CC2)cc1. The lowest BCUT2D eigenvalue weighted by Crippen LogP contribution is -2.48. The molecule has 1 aliphatic heterocycles. The van der Waals surface area contributed by atoms with Gasteiger partial charge in [-0.1, -0.05) is 18.2 Å². The summed E-state index contributed by atoms with van der Waals surface area (Å²) in [6, 6.07) is 8.85. The fourth-order valence-electron chi connectivity index (χ4n) is 2.85. The molecule has 0 radical (unpaired) electrons. The molecule has 142 valence electrons. The Hall–Kier alpha value is -2.62. The normalized spacial score (nSPS) is 16.6. The van der Waals surface area contributed by atoms with E-state index in [0.717, 1.165) is 12.1 Å². The first-order valence-corrected chi connectivity index (χ1v) is 9.94. The highest BCUT2D eigenvalue weighted by Gasteiger charge is 2.28. The summed E-state index contributed by atoms with van der Waals surface area (Å²) >= 11 is 0. The van der Waals surface area contributed by atoms with Crippen molar-refractivity contribution in [3.8, 4) is 0 Å². The number of hydrogen-bond acceptors (Lipinski definition) is 6. The van der Waals surface area contributed by atoms with Crippen molar-refractivity contribution in [2.75, 3.05) is 32.7 Å². The standard InChI is InChI=1S/C18H20N4O4S/c23-22(24)17-5-7-18(8-6-17)27(25,26)21-13-11-20(12-14-21)10-2-4-16-3-1-9-19-15-16/h1-9,15H,10-14H2/b4-2+. The van der Waals surface area contributed by atoms with Gasteiger partial charge in [0.05, 0.1) is 9.82 Å². The molecule has 1 aromatic carbocycles. The lowest BCUT2D eigenvalue weighted by molar-refractivity contribution is -0.384. The van der Waals surface area contributed by atoms with Crippen LogP contribution in [0.2, 0.25) is 0 Å². The lowest BCUT2D eigenvalue weighted by Gasteiger charge is -2.33. The molecule has 1 aromatic heterocycles. The predicted molar refractivity (Wildman–Crippen MR) is 102 cm³/mol. The van der Waals surface area contributed by atoms with Gasteiger partial charge in [0.1, 0.15) is 0 Å². The molecular formula is C18H20N4O4S. The molecule has 8 nitrogen and oxygen atoms in total. The minimum atomic E-state index is -3.63. The maximum Gasteiger partial charge on any atom is 0.269 e. The molecule has 9 heteroatoms. The second-order valence-electron chi connectivity index (χ2n) is 6.14. The van der Waals surface area contributed by atoms with Gasteiger partial charge in [-0.15, -0.1) is 0 Å². The number of nitro benzene ring substituents is 1. The Bertz CT molecular complexity index is 906. The first kappa shape index (κ1) is 19.2. The van der Waals surface area contributed by atoms with E-state index in [9.17, 15) is 18.5 Å². The quantitative estimate of drug-likeness (QED) is 0.555. The van der Waals surface area contributed by atoms with E-state index in [4.69, 9.17) is 0 Å². The van der Waals surface area contributed by atoms with E-state index in [1.807, 2.05) is 24.3 Å². The molecule has 0 N–H and O–H groups in total. The number of rotatable bonds is 6. The van der Waals surface area contributed by atoms with E-state index in [-0.39, 0.29) is 10.6 Å². The number of hydrogen-bond donors (Lipinski definition) is 0. The molecule has 0 amide bonds. The largest absolute Gasteiger partial charge is 0.297 e. The molecule has 0 aliphatic carbocycles. The maximum absolute atomic E-state index is 12.7. The summed E-state index contributed by atoms with van der Waals surface area (Å²) in [5.74, 6) is 0. The van der Waals surface area contributed by atoms with Crippen molar-refractivity contribution in [3.05, 3.63) is 70.5 Å². The molecular weight excluding hydrogens is 368 g/mol. The lowest BCUT2D eigenvalue weighted by atomic mass is 10.2. The second-order valence-corrected chi connectivity index (χ2v) is 8.08. The van der Waals surface area contributed by atoms with Crippen LogP contribution in [0.5, 0.6) is 0 Å². The second kappa shape index (κ2) is 8.38. The third-order valence-electron chi connectivity index (χ3n) is 4.37. The topological polar surface area (TPSA) is 96.6 Å². The Morgan fingerprint density at radius 2 is 1.81 bits per heavy atom. The van der Waals surface area contributed by atoms with Crippen LogP contribution < -0.4 is 0 Å². The van der Waals surface area contributed by atoms with Crippen LogP contribution in [0.3, 0.4) is 0 Å². The monoisotopic (exact) mass is 388 g/mol. The summed E-state index contributed by atoms with van der Waals surface area (Å²) in [4.78, 5) is 16.5. The number of non-ortho nitro benzene ring substituents is 1. The van der Waals surface area contributed by atoms with E-state index < -0.39 is 14.9 Å². The van der Waals surface area contributed by atoms with Crippen LogP contribution in [0.25, 0.3) is 6.08 Å². The van der Waals surface area contributed by atoms with E-state index in [1.165, 1.54) is 28.6 Å². The van der Waals surface area contributed by atoms with E-state index in [0.29, 0.717) is 26.2 Å².